The van der Waals surface area contributed by atoms with Crippen LogP contribution in [0.5, 0.6) is 17.2 Å². The highest BCUT2D eigenvalue weighted by atomic mass is 32.2. The molecule has 0 spiro atoms. The Balaban J connectivity index is 1.56. The molecule has 0 atom stereocenters. The van der Waals surface area contributed by atoms with Gasteiger partial charge >= 0.3 is 0 Å². The molecule has 2 aromatic carbocycles. The Bertz CT molecular complexity index is 1030. The monoisotopic (exact) mass is 415 g/mol. The van der Waals surface area contributed by atoms with E-state index in [0.29, 0.717) is 18.1 Å². The fraction of sp³-hybridized carbons (Fsp3) is 0.364. The first-order valence-corrected chi connectivity index (χ1v) is 10.9. The number of hydrogen-bond acceptors (Lipinski definition) is 5. The zero-order valence-electron chi connectivity index (χ0n) is 16.8. The van der Waals surface area contributed by atoms with Crippen LogP contribution in [0.15, 0.2) is 47.4 Å². The lowest BCUT2D eigenvalue weighted by atomic mass is 10.0. The summed E-state index contributed by atoms with van der Waals surface area (Å²) in [7, 11) is -3.71. The molecular weight excluding hydrogens is 390 g/mol. The molecule has 1 aliphatic rings. The minimum Gasteiger partial charge on any atom is -0.492 e. The van der Waals surface area contributed by atoms with Gasteiger partial charge in [-0.1, -0.05) is 36.1 Å². The summed E-state index contributed by atoms with van der Waals surface area (Å²) in [6.07, 6.45) is 0.830. The van der Waals surface area contributed by atoms with Crippen LogP contribution in [0, 0.1) is 11.8 Å². The van der Waals surface area contributed by atoms with Crippen molar-refractivity contribution < 1.29 is 22.6 Å². The second-order valence-electron chi connectivity index (χ2n) is 7.13. The van der Waals surface area contributed by atoms with Crippen LogP contribution in [0.2, 0.25) is 0 Å². The van der Waals surface area contributed by atoms with E-state index in [9.17, 15) is 8.42 Å². The number of ether oxygens (including phenoxy) is 3. The number of para-hydroxylation sites is 2. The number of benzene rings is 2. The molecule has 29 heavy (non-hydrogen) atoms. The zero-order valence-corrected chi connectivity index (χ0v) is 17.6. The number of fused-ring (bicyclic) bond motifs is 1. The van der Waals surface area contributed by atoms with Gasteiger partial charge in [-0.15, -0.1) is 0 Å². The van der Waals surface area contributed by atoms with Gasteiger partial charge in [0, 0.05) is 12.0 Å². The van der Waals surface area contributed by atoms with Crippen LogP contribution in [0.25, 0.3) is 0 Å². The fourth-order valence-electron chi connectivity index (χ4n) is 3.08. The van der Waals surface area contributed by atoms with Crippen LogP contribution in [0.3, 0.4) is 0 Å². The number of rotatable bonds is 7. The van der Waals surface area contributed by atoms with Crippen LogP contribution in [-0.4, -0.2) is 33.8 Å². The Morgan fingerprint density at radius 1 is 1.07 bits per heavy atom. The molecule has 0 aliphatic carbocycles. The molecule has 1 N–H and O–H groups in total. The van der Waals surface area contributed by atoms with Crippen molar-refractivity contribution in [2.45, 2.75) is 37.7 Å². The van der Waals surface area contributed by atoms with Crippen molar-refractivity contribution in [3.05, 3.63) is 48.0 Å². The molecular formula is C22H25NO5S. The predicted molar refractivity (Wildman–Crippen MR) is 111 cm³/mol. The smallest absolute Gasteiger partial charge is 0.245 e. The van der Waals surface area contributed by atoms with Crippen LogP contribution in [-0.2, 0) is 16.4 Å². The van der Waals surface area contributed by atoms with E-state index in [2.05, 4.69) is 16.6 Å². The summed E-state index contributed by atoms with van der Waals surface area (Å²) in [5.74, 6) is 7.32. The van der Waals surface area contributed by atoms with Crippen LogP contribution in [0.1, 0.15) is 26.3 Å². The molecule has 2 aromatic rings. The van der Waals surface area contributed by atoms with Gasteiger partial charge in [0.05, 0.1) is 13.2 Å². The number of hydrogen-bond donors (Lipinski definition) is 1. The molecule has 154 valence electrons. The maximum absolute atomic E-state index is 12.5. The van der Waals surface area contributed by atoms with Gasteiger partial charge in [-0.2, -0.15) is 4.72 Å². The molecule has 0 radical (unpaired) electrons. The van der Waals surface area contributed by atoms with Crippen molar-refractivity contribution in [2.24, 2.45) is 0 Å². The van der Waals surface area contributed by atoms with Crippen molar-refractivity contribution in [3.8, 4) is 29.1 Å². The Morgan fingerprint density at radius 2 is 1.83 bits per heavy atom. The topological polar surface area (TPSA) is 73.9 Å². The van der Waals surface area contributed by atoms with Gasteiger partial charge in [-0.05, 0) is 39.0 Å². The first kappa shape index (κ1) is 21.0. The normalized spacial score (nSPS) is 14.3. The van der Waals surface area contributed by atoms with Gasteiger partial charge in [-0.3, -0.25) is 0 Å². The summed E-state index contributed by atoms with van der Waals surface area (Å²) < 4.78 is 44.4. The van der Waals surface area contributed by atoms with Gasteiger partial charge in [0.25, 0.3) is 0 Å². The summed E-state index contributed by atoms with van der Waals surface area (Å²) >= 11 is 0. The molecule has 1 heterocycles. The molecule has 1 aliphatic heterocycles. The Kier molecular flexibility index (Phi) is 6.36. The molecule has 0 bridgehead atoms. The summed E-state index contributed by atoms with van der Waals surface area (Å²) in [6, 6.07) is 12.3. The molecule has 7 heteroatoms. The van der Waals surface area contributed by atoms with Gasteiger partial charge in [0.15, 0.2) is 11.5 Å². The molecule has 6 nitrogen and oxygen atoms in total. The quantitative estimate of drug-likeness (QED) is 0.703. The molecule has 0 aromatic heterocycles. The van der Waals surface area contributed by atoms with E-state index in [1.54, 1.807) is 25.1 Å². The van der Waals surface area contributed by atoms with Crippen LogP contribution < -0.4 is 18.9 Å². The van der Waals surface area contributed by atoms with Crippen molar-refractivity contribution >= 4 is 10.0 Å². The van der Waals surface area contributed by atoms with Crippen molar-refractivity contribution in [1.29, 1.82) is 0 Å². The van der Waals surface area contributed by atoms with E-state index in [-0.39, 0.29) is 23.6 Å². The lowest BCUT2D eigenvalue weighted by Gasteiger charge is -2.17. The largest absolute Gasteiger partial charge is 0.492 e. The highest BCUT2D eigenvalue weighted by Gasteiger charge is 2.32. The Hall–Kier alpha value is -2.69. The summed E-state index contributed by atoms with van der Waals surface area (Å²) in [5.41, 5.74) is 0.866. The molecule has 0 saturated carbocycles. The second kappa shape index (κ2) is 8.76. The third-order valence-electron chi connectivity index (χ3n) is 4.27. The average molecular weight is 416 g/mol. The third-order valence-corrected chi connectivity index (χ3v) is 5.71. The van der Waals surface area contributed by atoms with Crippen molar-refractivity contribution in [1.82, 2.24) is 4.72 Å². The lowest BCUT2D eigenvalue weighted by Crippen LogP contribution is -2.24. The Morgan fingerprint density at radius 3 is 2.62 bits per heavy atom. The lowest BCUT2D eigenvalue weighted by molar-refractivity contribution is 0.133. The molecule has 0 fully saturated rings. The molecule has 0 unspecified atom stereocenters. The van der Waals surface area contributed by atoms with Crippen molar-refractivity contribution in [2.75, 3.05) is 19.8 Å². The standard InChI is InChI=1S/C22H25NO5S/c1-4-26-18-11-5-6-13-20(18)29(24,25)23-14-7-8-15-27-19-12-9-10-17-16-22(2,3)28-21(17)19/h5-6,9-13,23H,4,14-16H2,1-3H3. The summed E-state index contributed by atoms with van der Waals surface area (Å²) in [4.78, 5) is 0.0968. The minimum atomic E-state index is -3.71. The Labute approximate surface area is 172 Å². The van der Waals surface area contributed by atoms with Gasteiger partial charge in [-0.25, -0.2) is 8.42 Å². The molecule has 3 rings (SSSR count). The first-order chi connectivity index (χ1) is 13.8. The van der Waals surface area contributed by atoms with Gasteiger partial charge < -0.3 is 14.2 Å². The van der Waals surface area contributed by atoms with Gasteiger partial charge in [0.2, 0.25) is 10.0 Å². The van der Waals surface area contributed by atoms with E-state index in [1.807, 2.05) is 32.0 Å². The SMILES string of the molecule is CCOc1ccccc1S(=O)(=O)NCC#CCOc1cccc2c1OC(C)(C)C2. The minimum absolute atomic E-state index is 0.0252. The molecule has 0 amide bonds. The number of sulfonamides is 1. The number of nitrogens with one attached hydrogen (secondary N) is 1. The maximum atomic E-state index is 12.5. The second-order valence-corrected chi connectivity index (χ2v) is 8.86. The van der Waals surface area contributed by atoms with Crippen LogP contribution >= 0.6 is 0 Å². The third kappa shape index (κ3) is 5.22. The van der Waals surface area contributed by atoms with Crippen molar-refractivity contribution in [3.63, 3.8) is 0 Å². The highest BCUT2D eigenvalue weighted by Crippen LogP contribution is 2.41. The van der Waals surface area contributed by atoms with E-state index in [1.165, 1.54) is 6.07 Å². The average Bonchev–Trinajstić information content (AvgIpc) is 2.99. The van der Waals surface area contributed by atoms with E-state index < -0.39 is 10.0 Å². The zero-order chi connectivity index (χ0) is 20.9. The predicted octanol–water partition coefficient (Wildman–Crippen LogP) is 3.16. The van der Waals surface area contributed by atoms with E-state index >= 15 is 0 Å². The van der Waals surface area contributed by atoms with E-state index in [4.69, 9.17) is 14.2 Å². The molecule has 0 saturated heterocycles. The highest BCUT2D eigenvalue weighted by molar-refractivity contribution is 7.89. The summed E-state index contributed by atoms with van der Waals surface area (Å²) in [5, 5.41) is 0. The summed E-state index contributed by atoms with van der Waals surface area (Å²) in [6.45, 7) is 6.36. The van der Waals surface area contributed by atoms with E-state index in [0.717, 1.165) is 17.7 Å². The fourth-order valence-corrected chi connectivity index (χ4v) is 4.15. The first-order valence-electron chi connectivity index (χ1n) is 9.43. The van der Waals surface area contributed by atoms with Crippen LogP contribution in [0.4, 0.5) is 0 Å². The van der Waals surface area contributed by atoms with Gasteiger partial charge in [0.1, 0.15) is 22.9 Å². The maximum Gasteiger partial charge on any atom is 0.245 e.